The number of hydrogen-bond acceptors (Lipinski definition) is 6. The molecule has 29 heavy (non-hydrogen) atoms. The Balaban J connectivity index is 5.52. The van der Waals surface area contributed by atoms with Crippen molar-refractivity contribution >= 4 is 46.6 Å². The first-order valence-corrected chi connectivity index (χ1v) is 25.8. The Labute approximate surface area is 182 Å². The van der Waals surface area contributed by atoms with Crippen LogP contribution in [0, 0.1) is 0 Å². The summed E-state index contributed by atoms with van der Waals surface area (Å²) in [5.74, 6) is 0.150. The topological polar surface area (TPSA) is 71.1 Å². The molecule has 0 spiro atoms. The molecule has 0 aliphatic heterocycles. The van der Waals surface area contributed by atoms with Gasteiger partial charge in [0.15, 0.2) is 15.7 Å². The molecule has 6 nitrogen and oxygen atoms in total. The zero-order valence-electron chi connectivity index (χ0n) is 20.6. The number of carbonyl (C=O) groups excluding carboxylic acids is 1. The standard InChI is InChI=1S/C18H43O6PSi4/c1-26(2,3)21-17(19)13-15-25(20,24-29(10,11)12)16-14-18(22-27(4,5)6)23-28(7,8)9/h14H,13,15-16H2,1-12H3/t25-/m1/s1. The van der Waals surface area contributed by atoms with Crippen molar-refractivity contribution in [2.24, 2.45) is 0 Å². The van der Waals surface area contributed by atoms with Gasteiger partial charge in [-0.2, -0.15) is 0 Å². The summed E-state index contributed by atoms with van der Waals surface area (Å²) in [4.78, 5) is 12.2. The monoisotopic (exact) mass is 498 g/mol. The van der Waals surface area contributed by atoms with Gasteiger partial charge in [0.05, 0.1) is 6.42 Å². The van der Waals surface area contributed by atoms with Crippen LogP contribution in [0.5, 0.6) is 0 Å². The van der Waals surface area contributed by atoms with Gasteiger partial charge in [0, 0.05) is 18.4 Å². The second-order valence-corrected chi connectivity index (χ2v) is 31.9. The minimum absolute atomic E-state index is 0.0962. The van der Waals surface area contributed by atoms with Crippen molar-refractivity contribution in [1.82, 2.24) is 0 Å². The molecule has 0 aliphatic rings. The molecule has 0 N–H and O–H groups in total. The highest BCUT2D eigenvalue weighted by Gasteiger charge is 2.32. The van der Waals surface area contributed by atoms with E-state index in [1.807, 2.05) is 39.3 Å². The molecule has 0 unspecified atom stereocenters. The first kappa shape index (κ1) is 28.9. The van der Waals surface area contributed by atoms with E-state index in [4.69, 9.17) is 17.5 Å². The number of allylic oxidation sites excluding steroid dienone is 1. The summed E-state index contributed by atoms with van der Waals surface area (Å²) >= 11 is 0. The van der Waals surface area contributed by atoms with Gasteiger partial charge in [0.25, 0.3) is 5.97 Å². The first-order chi connectivity index (χ1) is 12.6. The number of hydrogen-bond donors (Lipinski definition) is 0. The minimum Gasteiger partial charge on any atom is -0.521 e. The molecule has 0 radical (unpaired) electrons. The first-order valence-electron chi connectivity index (χ1n) is 10.2. The highest BCUT2D eigenvalue weighted by atomic mass is 31.2. The third-order valence-corrected chi connectivity index (χ3v) is 10.5. The van der Waals surface area contributed by atoms with Gasteiger partial charge >= 0.3 is 0 Å². The van der Waals surface area contributed by atoms with Gasteiger partial charge in [-0.25, -0.2) is 0 Å². The average Bonchev–Trinajstić information content (AvgIpc) is 2.36. The summed E-state index contributed by atoms with van der Waals surface area (Å²) in [5, 5.41) is 0. The maximum absolute atomic E-state index is 13.6. The van der Waals surface area contributed by atoms with Crippen molar-refractivity contribution in [3.05, 3.63) is 12.0 Å². The molecule has 11 heteroatoms. The maximum atomic E-state index is 13.6. The molecule has 0 amide bonds. The van der Waals surface area contributed by atoms with E-state index < -0.39 is 40.6 Å². The van der Waals surface area contributed by atoms with E-state index in [9.17, 15) is 9.36 Å². The van der Waals surface area contributed by atoms with Crippen LogP contribution < -0.4 is 0 Å². The molecule has 0 aliphatic carbocycles. The fraction of sp³-hybridized carbons (Fsp3) is 0.833. The lowest BCUT2D eigenvalue weighted by Gasteiger charge is -2.29. The van der Waals surface area contributed by atoms with E-state index in [1.165, 1.54) is 0 Å². The summed E-state index contributed by atoms with van der Waals surface area (Å²) in [6, 6.07) is 0. The van der Waals surface area contributed by atoms with Crippen molar-refractivity contribution in [1.29, 1.82) is 0 Å². The summed E-state index contributed by atoms with van der Waals surface area (Å²) in [5.41, 5.74) is 0. The molecule has 172 valence electrons. The Morgan fingerprint density at radius 2 is 1.14 bits per heavy atom. The quantitative estimate of drug-likeness (QED) is 0.175. The van der Waals surface area contributed by atoms with E-state index in [0.29, 0.717) is 5.95 Å². The van der Waals surface area contributed by atoms with Crippen molar-refractivity contribution in [3.63, 3.8) is 0 Å². The van der Waals surface area contributed by atoms with Crippen molar-refractivity contribution in [2.75, 3.05) is 12.3 Å². The summed E-state index contributed by atoms with van der Waals surface area (Å²) < 4.78 is 37.4. The van der Waals surface area contributed by atoms with Crippen LogP contribution in [0.25, 0.3) is 0 Å². The Hall–Kier alpha value is -0.132. The van der Waals surface area contributed by atoms with E-state index in [0.717, 1.165) is 0 Å². The van der Waals surface area contributed by atoms with Gasteiger partial charge in [-0.05, 0) is 78.6 Å². The summed E-state index contributed by atoms with van der Waals surface area (Å²) in [7, 11) is -10.9. The molecule has 0 bridgehead atoms. The summed E-state index contributed by atoms with van der Waals surface area (Å²) in [6.07, 6.45) is 2.23. The fourth-order valence-corrected chi connectivity index (χ4v) is 10.4. The number of rotatable bonds is 12. The lowest BCUT2D eigenvalue weighted by atomic mass is 10.5. The Bertz CT molecular complexity index is 606. The van der Waals surface area contributed by atoms with E-state index >= 15 is 0 Å². The summed E-state index contributed by atoms with van der Waals surface area (Å²) in [6.45, 7) is 24.4. The molecule has 0 rings (SSSR count). The van der Waals surface area contributed by atoms with Gasteiger partial charge in [0.1, 0.15) is 0 Å². The average molecular weight is 499 g/mol. The Morgan fingerprint density at radius 3 is 1.48 bits per heavy atom. The predicted molar refractivity (Wildman–Crippen MR) is 133 cm³/mol. The zero-order valence-corrected chi connectivity index (χ0v) is 25.5. The molecule has 0 saturated carbocycles. The van der Waals surface area contributed by atoms with Crippen molar-refractivity contribution < 1.29 is 26.9 Å². The molecule has 0 aromatic heterocycles. The second-order valence-electron chi connectivity index (χ2n) is 11.2. The highest BCUT2D eigenvalue weighted by molar-refractivity contribution is 7.60. The second kappa shape index (κ2) is 10.5. The molecule has 1 atom stereocenters. The van der Waals surface area contributed by atoms with Crippen LogP contribution in [0.15, 0.2) is 12.0 Å². The third kappa shape index (κ3) is 17.3. The van der Waals surface area contributed by atoms with Crippen LogP contribution in [0.3, 0.4) is 0 Å². The normalized spacial score (nSPS) is 15.3. The van der Waals surface area contributed by atoms with Crippen molar-refractivity contribution in [3.8, 4) is 0 Å². The van der Waals surface area contributed by atoms with Crippen LogP contribution in [0.4, 0.5) is 0 Å². The molecule has 0 aromatic carbocycles. The largest absolute Gasteiger partial charge is 0.521 e. The highest BCUT2D eigenvalue weighted by Crippen LogP contribution is 2.50. The Morgan fingerprint density at radius 1 is 0.724 bits per heavy atom. The molecule has 0 saturated heterocycles. The molecular formula is C18H43O6PSi4. The molecule has 0 heterocycles. The molecular weight excluding hydrogens is 456 g/mol. The van der Waals surface area contributed by atoms with Crippen LogP contribution in [-0.4, -0.2) is 51.6 Å². The van der Waals surface area contributed by atoms with Gasteiger partial charge in [-0.1, -0.05) is 0 Å². The predicted octanol–water partition coefficient (Wildman–Crippen LogP) is 6.43. The van der Waals surface area contributed by atoms with Crippen LogP contribution >= 0.6 is 7.37 Å². The van der Waals surface area contributed by atoms with E-state index in [1.54, 1.807) is 6.08 Å². The van der Waals surface area contributed by atoms with Crippen LogP contribution in [0.2, 0.25) is 78.6 Å². The third-order valence-electron chi connectivity index (χ3n) is 2.87. The Kier molecular flexibility index (Phi) is 10.4. The van der Waals surface area contributed by atoms with E-state index in [2.05, 4.69) is 39.3 Å². The van der Waals surface area contributed by atoms with Crippen molar-refractivity contribution in [2.45, 2.75) is 85.0 Å². The van der Waals surface area contributed by atoms with Crippen LogP contribution in [0.1, 0.15) is 6.42 Å². The van der Waals surface area contributed by atoms with E-state index in [-0.39, 0.29) is 24.7 Å². The SMILES string of the molecule is C[Si](C)(C)OC(=O)CC[P@](=O)(CC=C(O[Si](C)(C)C)O[Si](C)(C)C)O[Si](C)(C)C. The minimum atomic E-state index is -3.07. The zero-order chi connectivity index (χ0) is 23.3. The smallest absolute Gasteiger partial charge is 0.293 e. The lowest BCUT2D eigenvalue weighted by Crippen LogP contribution is -2.32. The molecule has 0 aromatic rings. The van der Waals surface area contributed by atoms with Crippen LogP contribution in [-0.2, 0) is 26.9 Å². The fourth-order valence-electron chi connectivity index (χ4n) is 2.25. The van der Waals surface area contributed by atoms with Gasteiger partial charge < -0.3 is 17.5 Å². The number of carbonyl (C=O) groups is 1. The molecule has 0 fully saturated rings. The van der Waals surface area contributed by atoms with Gasteiger partial charge in [0.2, 0.25) is 30.9 Å². The maximum Gasteiger partial charge on any atom is 0.293 e. The van der Waals surface area contributed by atoms with Gasteiger partial charge in [-0.15, -0.1) is 0 Å². The lowest BCUT2D eigenvalue weighted by molar-refractivity contribution is -0.134. The van der Waals surface area contributed by atoms with Gasteiger partial charge in [-0.3, -0.25) is 9.36 Å².